The number of thiophene rings is 1. The van der Waals surface area contributed by atoms with E-state index in [1.54, 1.807) is 26.3 Å². The van der Waals surface area contributed by atoms with Gasteiger partial charge in [0, 0.05) is 0 Å². The van der Waals surface area contributed by atoms with Crippen LogP contribution in [0.25, 0.3) is 10.2 Å². The van der Waals surface area contributed by atoms with Gasteiger partial charge in [0.1, 0.15) is 16.4 Å². The Morgan fingerprint density at radius 2 is 2.05 bits per heavy atom. The lowest BCUT2D eigenvalue weighted by atomic mass is 10.2. The number of aromatic nitrogens is 2. The summed E-state index contributed by atoms with van der Waals surface area (Å²) in [5.74, 6) is 1.35. The van der Waals surface area contributed by atoms with Crippen molar-refractivity contribution >= 4 is 27.8 Å². The minimum absolute atomic E-state index is 0.150. The highest BCUT2D eigenvalue weighted by atomic mass is 32.1. The Morgan fingerprint density at radius 3 is 2.76 bits per heavy atom. The van der Waals surface area contributed by atoms with Crippen LogP contribution < -0.4 is 10.3 Å². The van der Waals surface area contributed by atoms with E-state index >= 15 is 0 Å². The van der Waals surface area contributed by atoms with Gasteiger partial charge < -0.3 is 4.74 Å². The molecule has 2 aromatic heterocycles. The molecule has 3 aromatic rings. The van der Waals surface area contributed by atoms with Gasteiger partial charge >= 0.3 is 0 Å². The number of nitrogens with zero attached hydrogens (tertiary/aromatic N) is 3. The van der Waals surface area contributed by atoms with Gasteiger partial charge in [0.15, 0.2) is 0 Å². The van der Waals surface area contributed by atoms with Crippen LogP contribution in [0, 0.1) is 6.92 Å². The van der Waals surface area contributed by atoms with Crippen molar-refractivity contribution in [2.45, 2.75) is 6.92 Å². The molecule has 0 atom stereocenters. The quantitative estimate of drug-likeness (QED) is 0.699. The molecule has 0 radical (unpaired) electrons. The number of hydrogen-bond donors (Lipinski definition) is 0. The smallest absolute Gasteiger partial charge is 0.282 e. The Labute approximate surface area is 125 Å². The number of fused-ring (bicyclic) bond motifs is 1. The van der Waals surface area contributed by atoms with E-state index < -0.39 is 0 Å². The van der Waals surface area contributed by atoms with Crippen molar-refractivity contribution < 1.29 is 4.74 Å². The van der Waals surface area contributed by atoms with Gasteiger partial charge in [0.25, 0.3) is 5.56 Å². The first kappa shape index (κ1) is 13.5. The van der Waals surface area contributed by atoms with Gasteiger partial charge in [-0.25, -0.2) is 4.98 Å². The third kappa shape index (κ3) is 2.57. The molecule has 1 aromatic carbocycles. The standard InChI is InChI=1S/C15H13N3O2S/c1-10-17-14-13(7-8-21-14)15(19)18(10)16-9-11-3-5-12(20-2)6-4-11/h3-9H,1-2H3/b16-9-. The molecule has 0 aliphatic heterocycles. The molecule has 0 N–H and O–H groups in total. The van der Waals surface area contributed by atoms with Crippen molar-refractivity contribution in [3.8, 4) is 5.75 Å². The van der Waals surface area contributed by atoms with Gasteiger partial charge in [0.2, 0.25) is 0 Å². The average molecular weight is 299 g/mol. The summed E-state index contributed by atoms with van der Waals surface area (Å²) in [6, 6.07) is 9.21. The van der Waals surface area contributed by atoms with Crippen LogP contribution >= 0.6 is 11.3 Å². The van der Waals surface area contributed by atoms with E-state index in [0.717, 1.165) is 16.1 Å². The number of ether oxygens (including phenoxy) is 1. The summed E-state index contributed by atoms with van der Waals surface area (Å²) < 4.78 is 6.42. The second kappa shape index (κ2) is 5.49. The molecule has 0 aliphatic rings. The predicted octanol–water partition coefficient (Wildman–Crippen LogP) is 2.66. The lowest BCUT2D eigenvalue weighted by Crippen LogP contribution is -2.19. The number of methoxy groups -OCH3 is 1. The molecule has 106 valence electrons. The Bertz CT molecular complexity index is 863. The van der Waals surface area contributed by atoms with Crippen molar-refractivity contribution in [2.24, 2.45) is 5.10 Å². The molecule has 6 heteroatoms. The first-order chi connectivity index (χ1) is 10.2. The second-order valence-corrected chi connectivity index (χ2v) is 5.33. The number of aryl methyl sites for hydroxylation is 1. The monoisotopic (exact) mass is 299 g/mol. The van der Waals surface area contributed by atoms with Gasteiger partial charge in [-0.15, -0.1) is 11.3 Å². The van der Waals surface area contributed by atoms with Crippen LogP contribution in [0.1, 0.15) is 11.4 Å². The molecule has 0 saturated carbocycles. The molecule has 0 amide bonds. The zero-order valence-electron chi connectivity index (χ0n) is 11.6. The summed E-state index contributed by atoms with van der Waals surface area (Å²) in [5, 5.41) is 6.69. The molecule has 21 heavy (non-hydrogen) atoms. The molecule has 3 rings (SSSR count). The zero-order chi connectivity index (χ0) is 14.8. The van der Waals surface area contributed by atoms with Crippen LogP contribution in [-0.2, 0) is 0 Å². The fourth-order valence-electron chi connectivity index (χ4n) is 1.96. The Morgan fingerprint density at radius 1 is 1.29 bits per heavy atom. The first-order valence-corrected chi connectivity index (χ1v) is 7.22. The maximum atomic E-state index is 12.3. The molecule has 0 spiro atoms. The average Bonchev–Trinajstić information content (AvgIpc) is 2.96. The van der Waals surface area contributed by atoms with E-state index in [2.05, 4.69) is 10.1 Å². The highest BCUT2D eigenvalue weighted by Crippen LogP contribution is 2.15. The maximum absolute atomic E-state index is 12.3. The number of hydrogen-bond acceptors (Lipinski definition) is 5. The molecule has 0 fully saturated rings. The minimum Gasteiger partial charge on any atom is -0.497 e. The molecule has 0 saturated heterocycles. The van der Waals surface area contributed by atoms with E-state index in [0.29, 0.717) is 11.2 Å². The van der Waals surface area contributed by atoms with Crippen LogP contribution in [0.4, 0.5) is 0 Å². The molecule has 0 bridgehead atoms. The first-order valence-electron chi connectivity index (χ1n) is 6.34. The van der Waals surface area contributed by atoms with Crippen LogP contribution in [0.3, 0.4) is 0 Å². The second-order valence-electron chi connectivity index (χ2n) is 4.43. The van der Waals surface area contributed by atoms with Gasteiger partial charge in [-0.1, -0.05) is 0 Å². The minimum atomic E-state index is -0.150. The van der Waals surface area contributed by atoms with Crippen molar-refractivity contribution in [2.75, 3.05) is 7.11 Å². The molecule has 0 aliphatic carbocycles. The van der Waals surface area contributed by atoms with E-state index in [4.69, 9.17) is 4.74 Å². The molecular formula is C15H13N3O2S. The zero-order valence-corrected chi connectivity index (χ0v) is 12.4. The van der Waals surface area contributed by atoms with Crippen LogP contribution in [0.5, 0.6) is 5.75 Å². The highest BCUT2D eigenvalue weighted by molar-refractivity contribution is 7.16. The number of rotatable bonds is 3. The molecule has 0 unspecified atom stereocenters. The molecule has 2 heterocycles. The van der Waals surface area contributed by atoms with Crippen molar-refractivity contribution in [3.63, 3.8) is 0 Å². The van der Waals surface area contributed by atoms with E-state index in [9.17, 15) is 4.79 Å². The van der Waals surface area contributed by atoms with Crippen molar-refractivity contribution in [1.82, 2.24) is 9.66 Å². The molecule has 5 nitrogen and oxygen atoms in total. The number of benzene rings is 1. The predicted molar refractivity (Wildman–Crippen MR) is 84.6 cm³/mol. The van der Waals surface area contributed by atoms with Gasteiger partial charge in [-0.05, 0) is 48.2 Å². The van der Waals surface area contributed by atoms with Gasteiger partial charge in [-0.2, -0.15) is 9.78 Å². The summed E-state index contributed by atoms with van der Waals surface area (Å²) in [6.07, 6.45) is 1.63. The summed E-state index contributed by atoms with van der Waals surface area (Å²) >= 11 is 1.45. The molecular weight excluding hydrogens is 286 g/mol. The van der Waals surface area contributed by atoms with Crippen LogP contribution in [0.15, 0.2) is 45.6 Å². The maximum Gasteiger partial charge on any atom is 0.282 e. The van der Waals surface area contributed by atoms with Crippen LogP contribution in [0.2, 0.25) is 0 Å². The SMILES string of the molecule is COc1ccc(/C=N\n2c(C)nc3sccc3c2=O)cc1. The van der Waals surface area contributed by atoms with Gasteiger partial charge in [-0.3, -0.25) is 4.79 Å². The fraction of sp³-hybridized carbons (Fsp3) is 0.133. The van der Waals surface area contributed by atoms with Crippen molar-refractivity contribution in [3.05, 3.63) is 57.5 Å². The summed E-state index contributed by atoms with van der Waals surface area (Å²) in [6.45, 7) is 1.77. The Balaban J connectivity index is 2.00. The third-order valence-electron chi connectivity index (χ3n) is 3.08. The third-order valence-corrected chi connectivity index (χ3v) is 3.88. The van der Waals surface area contributed by atoms with Crippen molar-refractivity contribution in [1.29, 1.82) is 0 Å². The highest BCUT2D eigenvalue weighted by Gasteiger charge is 2.07. The normalized spacial score (nSPS) is 11.3. The van der Waals surface area contributed by atoms with Gasteiger partial charge in [0.05, 0.1) is 18.7 Å². The Kier molecular flexibility index (Phi) is 3.53. The lowest BCUT2D eigenvalue weighted by molar-refractivity contribution is 0.415. The summed E-state index contributed by atoms with van der Waals surface area (Å²) in [4.78, 5) is 17.5. The fourth-order valence-corrected chi connectivity index (χ4v) is 2.76. The lowest BCUT2D eigenvalue weighted by Gasteiger charge is -2.03. The summed E-state index contributed by atoms with van der Waals surface area (Å²) in [5.41, 5.74) is 0.732. The van der Waals surface area contributed by atoms with E-state index in [-0.39, 0.29) is 5.56 Å². The summed E-state index contributed by atoms with van der Waals surface area (Å²) in [7, 11) is 1.62. The Hall–Kier alpha value is -2.47. The van der Waals surface area contributed by atoms with E-state index in [1.165, 1.54) is 16.0 Å². The largest absolute Gasteiger partial charge is 0.497 e. The van der Waals surface area contributed by atoms with Crippen LogP contribution in [-0.4, -0.2) is 23.0 Å². The van der Waals surface area contributed by atoms with E-state index in [1.807, 2.05) is 29.6 Å². The topological polar surface area (TPSA) is 56.5 Å².